The highest BCUT2D eigenvalue weighted by molar-refractivity contribution is 5.89. The number of benzene rings is 2. The molecule has 0 spiro atoms. The molecule has 186 valence electrons. The van der Waals surface area contributed by atoms with Gasteiger partial charge in [0.05, 0.1) is 24.7 Å². The number of ether oxygens (including phenoxy) is 1. The summed E-state index contributed by atoms with van der Waals surface area (Å²) in [4.78, 5) is 12.5. The van der Waals surface area contributed by atoms with Crippen LogP contribution in [0, 0.1) is 0 Å². The number of hydrogen-bond donors (Lipinski definition) is 0. The standard InChI is InChI=1S/C30H42NO2.BrH/c1-3-4-5-6-7-9-12-24-15-17-25(18-16-24)23-31(2)27-19-20-28(31)22-29(21-27)33-30(32)26-13-10-8-11-14-26;/h8,10-11,13-18,27-29H,3-7,9,12,19-23H2,1-2H3;1H/q+1;/p-1/t27-,28+,29?,31?;. The zero-order valence-electron chi connectivity index (χ0n) is 21.1. The van der Waals surface area contributed by atoms with Crippen LogP contribution >= 0.6 is 0 Å². The predicted molar refractivity (Wildman–Crippen MR) is 135 cm³/mol. The Labute approximate surface area is 217 Å². The summed E-state index contributed by atoms with van der Waals surface area (Å²) in [5, 5.41) is 0. The van der Waals surface area contributed by atoms with E-state index in [9.17, 15) is 4.79 Å². The summed E-state index contributed by atoms with van der Waals surface area (Å²) < 4.78 is 7.04. The topological polar surface area (TPSA) is 26.3 Å². The minimum atomic E-state index is -0.169. The molecule has 2 fully saturated rings. The molecule has 2 aliphatic rings. The Kier molecular flexibility index (Phi) is 10.2. The molecule has 0 radical (unpaired) electrons. The van der Waals surface area contributed by atoms with Gasteiger partial charge in [0.25, 0.3) is 0 Å². The van der Waals surface area contributed by atoms with Crippen molar-refractivity contribution in [2.24, 2.45) is 0 Å². The van der Waals surface area contributed by atoms with Gasteiger partial charge in [-0.1, -0.05) is 81.5 Å². The fraction of sp³-hybridized carbons (Fsp3) is 0.567. The van der Waals surface area contributed by atoms with Crippen molar-refractivity contribution in [3.63, 3.8) is 0 Å². The Morgan fingerprint density at radius 3 is 2.09 bits per heavy atom. The molecule has 2 saturated heterocycles. The maximum Gasteiger partial charge on any atom is 0.338 e. The molecule has 0 N–H and O–H groups in total. The number of carbonyl (C=O) groups is 1. The van der Waals surface area contributed by atoms with Crippen LogP contribution < -0.4 is 17.0 Å². The first-order valence-corrected chi connectivity index (χ1v) is 13.3. The van der Waals surface area contributed by atoms with Crippen molar-refractivity contribution in [2.75, 3.05) is 7.05 Å². The highest BCUT2D eigenvalue weighted by atomic mass is 79.9. The zero-order chi connectivity index (χ0) is 23.1. The van der Waals surface area contributed by atoms with Crippen molar-refractivity contribution >= 4 is 5.97 Å². The Hall–Kier alpha value is -1.65. The van der Waals surface area contributed by atoms with Crippen LogP contribution in [0.1, 0.15) is 92.6 Å². The quantitative estimate of drug-likeness (QED) is 0.250. The van der Waals surface area contributed by atoms with E-state index in [0.29, 0.717) is 17.6 Å². The van der Waals surface area contributed by atoms with Crippen molar-refractivity contribution < 1.29 is 31.0 Å². The second-order valence-electron chi connectivity index (χ2n) is 10.6. The van der Waals surface area contributed by atoms with E-state index < -0.39 is 0 Å². The lowest BCUT2D eigenvalue weighted by atomic mass is 9.95. The van der Waals surface area contributed by atoms with Crippen LogP contribution in [0.5, 0.6) is 0 Å². The second-order valence-corrected chi connectivity index (χ2v) is 10.6. The van der Waals surface area contributed by atoms with E-state index in [1.165, 1.54) is 68.9 Å². The minimum absolute atomic E-state index is 0. The Morgan fingerprint density at radius 1 is 0.853 bits per heavy atom. The molecule has 2 aromatic carbocycles. The Bertz CT molecular complexity index is 868. The lowest BCUT2D eigenvalue weighted by Crippen LogP contribution is -3.00. The number of esters is 1. The van der Waals surface area contributed by atoms with Crippen molar-refractivity contribution in [1.82, 2.24) is 0 Å². The number of hydrogen-bond acceptors (Lipinski definition) is 2. The van der Waals surface area contributed by atoms with Gasteiger partial charge in [0, 0.05) is 31.2 Å². The van der Waals surface area contributed by atoms with Gasteiger partial charge in [0.15, 0.2) is 0 Å². The van der Waals surface area contributed by atoms with E-state index in [-0.39, 0.29) is 29.1 Å². The van der Waals surface area contributed by atoms with Gasteiger partial charge in [0.2, 0.25) is 0 Å². The van der Waals surface area contributed by atoms with Crippen molar-refractivity contribution in [2.45, 2.75) is 102 Å². The molecule has 34 heavy (non-hydrogen) atoms. The van der Waals surface area contributed by atoms with Gasteiger partial charge in [-0.25, -0.2) is 4.79 Å². The van der Waals surface area contributed by atoms with Gasteiger partial charge in [-0.05, 0) is 30.5 Å². The summed E-state index contributed by atoms with van der Waals surface area (Å²) >= 11 is 0. The maximum absolute atomic E-state index is 12.5. The molecule has 2 unspecified atom stereocenters. The van der Waals surface area contributed by atoms with Gasteiger partial charge in [-0.2, -0.15) is 0 Å². The summed E-state index contributed by atoms with van der Waals surface area (Å²) in [7, 11) is 2.43. The van der Waals surface area contributed by atoms with Gasteiger partial charge >= 0.3 is 5.97 Å². The van der Waals surface area contributed by atoms with Crippen LogP contribution in [0.2, 0.25) is 0 Å². The number of rotatable bonds is 11. The lowest BCUT2D eigenvalue weighted by molar-refractivity contribution is -0.961. The van der Waals surface area contributed by atoms with E-state index in [4.69, 9.17) is 4.74 Å². The van der Waals surface area contributed by atoms with Gasteiger partial charge in [-0.3, -0.25) is 0 Å². The Morgan fingerprint density at radius 2 is 1.44 bits per heavy atom. The number of fused-ring (bicyclic) bond motifs is 2. The van der Waals surface area contributed by atoms with Gasteiger partial charge in [0.1, 0.15) is 12.6 Å². The van der Waals surface area contributed by atoms with E-state index in [0.717, 1.165) is 23.9 Å². The zero-order valence-corrected chi connectivity index (χ0v) is 22.6. The molecule has 2 heterocycles. The van der Waals surface area contributed by atoms with Crippen molar-refractivity contribution in [3.8, 4) is 0 Å². The van der Waals surface area contributed by atoms with Crippen molar-refractivity contribution in [1.29, 1.82) is 0 Å². The number of carbonyl (C=O) groups excluding carboxylic acids is 1. The second kappa shape index (κ2) is 12.9. The average molecular weight is 529 g/mol. The first-order valence-electron chi connectivity index (χ1n) is 13.3. The molecule has 3 nitrogen and oxygen atoms in total. The first-order chi connectivity index (χ1) is 16.1. The van der Waals surface area contributed by atoms with E-state index in [1.807, 2.05) is 30.3 Å². The number of nitrogens with zero attached hydrogens (tertiary/aromatic N) is 1. The summed E-state index contributed by atoms with van der Waals surface area (Å²) in [6.45, 7) is 3.37. The lowest BCUT2D eigenvalue weighted by Gasteiger charge is -2.47. The Balaban J connectivity index is 0.00000324. The highest BCUT2D eigenvalue weighted by Gasteiger charge is 2.52. The van der Waals surface area contributed by atoms with Crippen LogP contribution in [-0.4, -0.2) is 35.7 Å². The third kappa shape index (κ3) is 6.73. The maximum atomic E-state index is 12.5. The van der Waals surface area contributed by atoms with Crippen LogP contribution in [0.3, 0.4) is 0 Å². The molecule has 0 aromatic heterocycles. The molecule has 4 rings (SSSR count). The van der Waals surface area contributed by atoms with E-state index in [1.54, 1.807) is 0 Å². The first kappa shape index (κ1) is 26.9. The molecule has 0 amide bonds. The monoisotopic (exact) mass is 527 g/mol. The number of piperidine rings is 1. The summed E-state index contributed by atoms with van der Waals surface area (Å²) in [6.07, 6.45) is 13.9. The molecule has 4 heteroatoms. The number of halogens is 1. The van der Waals surface area contributed by atoms with Gasteiger partial charge < -0.3 is 26.2 Å². The van der Waals surface area contributed by atoms with Gasteiger partial charge in [-0.15, -0.1) is 0 Å². The normalized spacial score (nSPS) is 25.5. The highest BCUT2D eigenvalue weighted by Crippen LogP contribution is 2.43. The van der Waals surface area contributed by atoms with Crippen LogP contribution in [0.15, 0.2) is 54.6 Å². The fourth-order valence-electron chi connectivity index (χ4n) is 6.16. The molecule has 4 atom stereocenters. The van der Waals surface area contributed by atoms with Crippen LogP contribution in [0.25, 0.3) is 0 Å². The predicted octanol–water partition coefficient (Wildman–Crippen LogP) is 4.09. The van der Waals surface area contributed by atoms with Crippen LogP contribution in [0.4, 0.5) is 0 Å². The summed E-state index contributed by atoms with van der Waals surface area (Å²) in [5.74, 6) is -0.169. The third-order valence-electron chi connectivity index (χ3n) is 8.22. The number of quaternary nitrogens is 1. The fourth-order valence-corrected chi connectivity index (χ4v) is 6.16. The molecule has 2 aliphatic heterocycles. The molecule has 2 aromatic rings. The third-order valence-corrected chi connectivity index (χ3v) is 8.22. The van der Waals surface area contributed by atoms with Crippen molar-refractivity contribution in [3.05, 3.63) is 71.3 Å². The molecule has 0 aliphatic carbocycles. The largest absolute Gasteiger partial charge is 1.00 e. The average Bonchev–Trinajstić information content (AvgIpc) is 2.99. The smallest absolute Gasteiger partial charge is 0.338 e. The van der Waals surface area contributed by atoms with E-state index in [2.05, 4.69) is 38.2 Å². The SMILES string of the molecule is CCCCCCCCc1ccc(C[N+]2(C)[C@@H]3CC[C@H]2CC(OC(=O)c2ccccc2)C3)cc1.[Br-]. The molecule has 0 saturated carbocycles. The molecular weight excluding hydrogens is 486 g/mol. The molecular formula is C30H42BrNO2. The molecule has 2 bridgehead atoms. The number of aryl methyl sites for hydroxylation is 1. The minimum Gasteiger partial charge on any atom is -1.00 e. The van der Waals surface area contributed by atoms with E-state index >= 15 is 0 Å². The summed E-state index contributed by atoms with van der Waals surface area (Å²) in [6, 6.07) is 20.0. The number of unbranched alkanes of at least 4 members (excludes halogenated alkanes) is 5. The summed E-state index contributed by atoms with van der Waals surface area (Å²) in [5.41, 5.74) is 3.58. The van der Waals surface area contributed by atoms with Crippen LogP contribution in [-0.2, 0) is 17.7 Å².